The number of hydrogen-bond acceptors (Lipinski definition) is 7. The van der Waals surface area contributed by atoms with Crippen molar-refractivity contribution >= 4 is 23.8 Å². The summed E-state index contributed by atoms with van der Waals surface area (Å²) in [5.41, 5.74) is 3.39. The van der Waals surface area contributed by atoms with Crippen molar-refractivity contribution in [2.24, 2.45) is 11.8 Å². The van der Waals surface area contributed by atoms with Crippen LogP contribution in [0.2, 0.25) is 0 Å². The summed E-state index contributed by atoms with van der Waals surface area (Å²) in [4.78, 5) is 54.8. The van der Waals surface area contributed by atoms with Crippen molar-refractivity contribution in [1.82, 2.24) is 26.6 Å². The zero-order valence-corrected chi connectivity index (χ0v) is 32.1. The van der Waals surface area contributed by atoms with Crippen LogP contribution < -0.4 is 26.6 Å². The van der Waals surface area contributed by atoms with Gasteiger partial charge in [-0.15, -0.1) is 0 Å². The van der Waals surface area contributed by atoms with E-state index in [1.807, 2.05) is 149 Å². The summed E-state index contributed by atoms with van der Waals surface area (Å²) in [7, 11) is 0. The molecule has 0 aliphatic rings. The molecule has 0 heterocycles. The quantitative estimate of drug-likeness (QED) is 0.0740. The maximum Gasteiger partial charge on any atom is 0.408 e. The molecule has 4 amide bonds. The molecule has 4 rings (SSSR count). The number of carbonyl (C=O) groups is 4. The summed E-state index contributed by atoms with van der Waals surface area (Å²) in [6, 6.07) is 33.3. The van der Waals surface area contributed by atoms with Crippen LogP contribution in [0.3, 0.4) is 0 Å². The molecule has 0 aromatic heterocycles. The normalized spacial score (nSPS) is 14.4. The van der Waals surface area contributed by atoms with Crippen LogP contribution in [0.4, 0.5) is 4.79 Å². The number of alkyl carbamates (subject to hydrolysis) is 1. The third kappa shape index (κ3) is 13.7. The van der Waals surface area contributed by atoms with Crippen molar-refractivity contribution < 1.29 is 29.0 Å². The number of ether oxygens (including phenoxy) is 1. The average molecular weight is 750 g/mol. The Hall–Kier alpha value is -5.52. The predicted molar refractivity (Wildman–Crippen MR) is 213 cm³/mol. The predicted octanol–water partition coefficient (Wildman–Crippen LogP) is 5.03. The van der Waals surface area contributed by atoms with Crippen molar-refractivity contribution in [2.75, 3.05) is 0 Å². The van der Waals surface area contributed by atoms with E-state index in [4.69, 9.17) is 4.74 Å². The minimum Gasteiger partial charge on any atom is -0.445 e. The molecule has 0 fully saturated rings. The van der Waals surface area contributed by atoms with Gasteiger partial charge in [-0.2, -0.15) is 0 Å². The van der Waals surface area contributed by atoms with E-state index in [9.17, 15) is 24.3 Å². The van der Waals surface area contributed by atoms with Gasteiger partial charge in [0.2, 0.25) is 17.7 Å². The van der Waals surface area contributed by atoms with Crippen molar-refractivity contribution in [1.29, 1.82) is 0 Å². The van der Waals surface area contributed by atoms with Crippen LogP contribution in [0.1, 0.15) is 56.4 Å². The molecule has 0 spiro atoms. The summed E-state index contributed by atoms with van der Waals surface area (Å²) in [6.07, 6.45) is -1.50. The summed E-state index contributed by atoms with van der Waals surface area (Å²) in [5, 5.41) is 26.9. The number of amides is 4. The second-order valence-corrected chi connectivity index (χ2v) is 14.1. The Morgan fingerprint density at radius 2 is 1.07 bits per heavy atom. The molecule has 0 saturated heterocycles. The SMILES string of the molecule is CCC(C)[C@H](NC(=O)OCc1ccccc1)C(=O)N[C@@H](Cc1ccccc1)[C@@H](O)[C@@H](NCc1ccccc1)C(=O)N[C@H](C(=O)NCc1ccccc1)C(C)C. The molecule has 0 radical (unpaired) electrons. The van der Waals surface area contributed by atoms with E-state index in [0.29, 0.717) is 6.42 Å². The highest BCUT2D eigenvalue weighted by atomic mass is 16.5. The van der Waals surface area contributed by atoms with E-state index in [1.54, 1.807) is 0 Å². The molecule has 11 heteroatoms. The molecular formula is C44H55N5O6. The lowest BCUT2D eigenvalue weighted by atomic mass is 9.93. The largest absolute Gasteiger partial charge is 0.445 e. The Balaban J connectivity index is 1.58. The fourth-order valence-corrected chi connectivity index (χ4v) is 6.09. The number of aliphatic hydroxyl groups excluding tert-OH is 1. The van der Waals surface area contributed by atoms with Gasteiger partial charge in [-0.05, 0) is 40.5 Å². The van der Waals surface area contributed by atoms with Gasteiger partial charge in [0.05, 0.1) is 12.1 Å². The molecule has 0 aliphatic heterocycles. The van der Waals surface area contributed by atoms with E-state index in [0.717, 1.165) is 22.3 Å². The first kappa shape index (κ1) is 42.2. The molecule has 4 aromatic carbocycles. The second-order valence-electron chi connectivity index (χ2n) is 14.1. The third-order valence-corrected chi connectivity index (χ3v) is 9.57. The van der Waals surface area contributed by atoms with Crippen LogP contribution >= 0.6 is 0 Å². The summed E-state index contributed by atoms with van der Waals surface area (Å²) in [5.74, 6) is -2.08. The first-order valence-corrected chi connectivity index (χ1v) is 18.9. The zero-order valence-electron chi connectivity index (χ0n) is 32.1. The molecule has 6 atom stereocenters. The second kappa shape index (κ2) is 22.0. The monoisotopic (exact) mass is 749 g/mol. The maximum atomic E-state index is 14.3. The van der Waals surface area contributed by atoms with Crippen molar-refractivity contribution in [3.05, 3.63) is 144 Å². The van der Waals surface area contributed by atoms with E-state index < -0.39 is 48.2 Å². The van der Waals surface area contributed by atoms with Gasteiger partial charge in [0.25, 0.3) is 0 Å². The Morgan fingerprint density at radius 3 is 1.60 bits per heavy atom. The molecule has 1 unspecified atom stereocenters. The molecule has 0 bridgehead atoms. The van der Waals surface area contributed by atoms with E-state index in [1.165, 1.54) is 0 Å². The number of hydrogen-bond donors (Lipinski definition) is 6. The minimum atomic E-state index is -1.48. The van der Waals surface area contributed by atoms with Gasteiger partial charge in [0.1, 0.15) is 24.7 Å². The van der Waals surface area contributed by atoms with Crippen molar-refractivity contribution in [2.45, 2.75) is 90.5 Å². The van der Waals surface area contributed by atoms with Crippen LogP contribution in [-0.2, 0) is 45.2 Å². The minimum absolute atomic E-state index is 0.0301. The molecular weight excluding hydrogens is 695 g/mol. The lowest BCUT2D eigenvalue weighted by molar-refractivity contribution is -0.134. The highest BCUT2D eigenvalue weighted by Gasteiger charge is 2.38. The molecule has 11 nitrogen and oxygen atoms in total. The topological polar surface area (TPSA) is 158 Å². The lowest BCUT2D eigenvalue weighted by Gasteiger charge is -2.34. The number of benzene rings is 4. The number of carbonyl (C=O) groups excluding carboxylic acids is 4. The average Bonchev–Trinajstić information content (AvgIpc) is 3.21. The highest BCUT2D eigenvalue weighted by molar-refractivity contribution is 5.90. The Bertz CT molecular complexity index is 1760. The molecule has 6 N–H and O–H groups in total. The number of rotatable bonds is 20. The fourth-order valence-electron chi connectivity index (χ4n) is 6.09. The van der Waals surface area contributed by atoms with Crippen LogP contribution in [0.15, 0.2) is 121 Å². The van der Waals surface area contributed by atoms with Gasteiger partial charge < -0.3 is 31.1 Å². The number of nitrogens with one attached hydrogen (secondary N) is 5. The molecule has 0 aliphatic carbocycles. The Morgan fingerprint density at radius 1 is 0.582 bits per heavy atom. The van der Waals surface area contributed by atoms with Gasteiger partial charge in [-0.3, -0.25) is 19.7 Å². The van der Waals surface area contributed by atoms with Gasteiger partial charge in [-0.25, -0.2) is 4.79 Å². The van der Waals surface area contributed by atoms with Crippen LogP contribution in [0, 0.1) is 11.8 Å². The smallest absolute Gasteiger partial charge is 0.408 e. The van der Waals surface area contributed by atoms with Gasteiger partial charge >= 0.3 is 6.09 Å². The fraction of sp³-hybridized carbons (Fsp3) is 0.364. The molecule has 0 saturated carbocycles. The number of aliphatic hydroxyl groups is 1. The maximum absolute atomic E-state index is 14.3. The summed E-state index contributed by atoms with van der Waals surface area (Å²) in [6.45, 7) is 7.96. The van der Waals surface area contributed by atoms with Gasteiger partial charge in [0, 0.05) is 13.1 Å². The Labute approximate surface area is 324 Å². The lowest BCUT2D eigenvalue weighted by Crippen LogP contribution is -2.63. The van der Waals surface area contributed by atoms with Gasteiger partial charge in [0.15, 0.2) is 0 Å². The summed E-state index contributed by atoms with van der Waals surface area (Å²) >= 11 is 0. The standard InChI is InChI=1S/C44H55N5O6/c1-5-31(4)38(49-44(54)55-29-35-24-16-9-17-25-35)42(52)47-36(26-32-18-10-6-11-19-32)40(50)39(45-27-33-20-12-7-13-21-33)43(53)48-37(30(2)3)41(51)46-28-34-22-14-8-15-23-34/h6-25,30-31,36-40,45,50H,5,26-29H2,1-4H3,(H,46,51)(H,47,52)(H,48,53)(H,49,54)/t31?,36-,37-,38-,39+,40+/m0/s1. The third-order valence-electron chi connectivity index (χ3n) is 9.57. The van der Waals surface area contributed by atoms with Crippen molar-refractivity contribution in [3.63, 3.8) is 0 Å². The van der Waals surface area contributed by atoms with Crippen LogP contribution in [-0.4, -0.2) is 59.2 Å². The van der Waals surface area contributed by atoms with E-state index in [2.05, 4.69) is 26.6 Å². The Kier molecular flexibility index (Phi) is 16.9. The molecule has 292 valence electrons. The zero-order chi connectivity index (χ0) is 39.6. The van der Waals surface area contributed by atoms with Crippen LogP contribution in [0.5, 0.6) is 0 Å². The van der Waals surface area contributed by atoms with Crippen molar-refractivity contribution in [3.8, 4) is 0 Å². The summed E-state index contributed by atoms with van der Waals surface area (Å²) < 4.78 is 5.44. The first-order valence-electron chi connectivity index (χ1n) is 18.9. The van der Waals surface area contributed by atoms with Crippen LogP contribution in [0.25, 0.3) is 0 Å². The van der Waals surface area contributed by atoms with E-state index >= 15 is 0 Å². The molecule has 4 aromatic rings. The first-order chi connectivity index (χ1) is 26.5. The molecule has 55 heavy (non-hydrogen) atoms. The highest BCUT2D eigenvalue weighted by Crippen LogP contribution is 2.15. The van der Waals surface area contributed by atoms with E-state index in [-0.39, 0.29) is 43.9 Å². The van der Waals surface area contributed by atoms with Gasteiger partial charge in [-0.1, -0.05) is 155 Å².